The Morgan fingerprint density at radius 1 is 1.33 bits per heavy atom. The van der Waals surface area contributed by atoms with Crippen molar-refractivity contribution in [3.63, 3.8) is 0 Å². The van der Waals surface area contributed by atoms with E-state index in [1.807, 2.05) is 6.07 Å². The minimum atomic E-state index is -0.174. The number of benzene rings is 1. The SMILES string of the molecule is OCC1C2CN(c3cccc(F)c3)CC12. The number of rotatable bonds is 2. The molecule has 2 aliphatic rings. The minimum Gasteiger partial charge on any atom is -0.396 e. The monoisotopic (exact) mass is 207 g/mol. The summed E-state index contributed by atoms with van der Waals surface area (Å²) in [7, 11) is 0. The fourth-order valence-corrected chi connectivity index (χ4v) is 2.80. The lowest BCUT2D eigenvalue weighted by molar-refractivity contribution is 0.260. The van der Waals surface area contributed by atoms with Gasteiger partial charge in [0.25, 0.3) is 0 Å². The lowest BCUT2D eigenvalue weighted by atomic mass is 10.2. The van der Waals surface area contributed by atoms with E-state index in [0.29, 0.717) is 24.4 Å². The molecule has 1 heterocycles. The molecule has 1 saturated heterocycles. The first kappa shape index (κ1) is 9.16. The Hall–Kier alpha value is -1.09. The maximum absolute atomic E-state index is 13.0. The van der Waals surface area contributed by atoms with Crippen LogP contribution in [0.3, 0.4) is 0 Å². The Labute approximate surface area is 88.3 Å². The van der Waals surface area contributed by atoms with Crippen LogP contribution < -0.4 is 4.90 Å². The van der Waals surface area contributed by atoms with Crippen molar-refractivity contribution in [3.8, 4) is 0 Å². The van der Waals surface area contributed by atoms with Gasteiger partial charge in [-0.05, 0) is 36.0 Å². The molecule has 1 aromatic carbocycles. The van der Waals surface area contributed by atoms with Gasteiger partial charge in [0, 0.05) is 25.4 Å². The molecule has 2 unspecified atom stereocenters. The van der Waals surface area contributed by atoms with Gasteiger partial charge in [-0.2, -0.15) is 0 Å². The summed E-state index contributed by atoms with van der Waals surface area (Å²) in [5.41, 5.74) is 0.971. The van der Waals surface area contributed by atoms with E-state index in [9.17, 15) is 4.39 Å². The van der Waals surface area contributed by atoms with Gasteiger partial charge in [-0.3, -0.25) is 0 Å². The zero-order valence-electron chi connectivity index (χ0n) is 8.44. The van der Waals surface area contributed by atoms with Crippen LogP contribution in [0.5, 0.6) is 0 Å². The van der Waals surface area contributed by atoms with Crippen molar-refractivity contribution in [2.24, 2.45) is 17.8 Å². The first-order valence-corrected chi connectivity index (χ1v) is 5.41. The van der Waals surface area contributed by atoms with Crippen LogP contribution in [0.2, 0.25) is 0 Å². The third-order valence-corrected chi connectivity index (χ3v) is 3.76. The first-order valence-electron chi connectivity index (χ1n) is 5.41. The standard InChI is InChI=1S/C12H14FNO/c13-8-2-1-3-9(4-8)14-5-10-11(6-14)12(10)7-15/h1-4,10-12,15H,5-7H2. The molecule has 3 rings (SSSR count). The van der Waals surface area contributed by atoms with Crippen LogP contribution >= 0.6 is 0 Å². The molecule has 2 nitrogen and oxygen atoms in total. The zero-order chi connectivity index (χ0) is 10.4. The van der Waals surface area contributed by atoms with Crippen LogP contribution in [0.4, 0.5) is 10.1 Å². The third kappa shape index (κ3) is 1.42. The highest BCUT2D eigenvalue weighted by Crippen LogP contribution is 2.52. The normalized spacial score (nSPS) is 32.9. The van der Waals surface area contributed by atoms with Crippen LogP contribution in [0, 0.1) is 23.6 Å². The largest absolute Gasteiger partial charge is 0.396 e. The number of halogens is 1. The van der Waals surface area contributed by atoms with Gasteiger partial charge in [-0.15, -0.1) is 0 Å². The van der Waals surface area contributed by atoms with E-state index in [1.54, 1.807) is 12.1 Å². The minimum absolute atomic E-state index is 0.174. The number of piperidine rings is 1. The fourth-order valence-electron chi connectivity index (χ4n) is 2.80. The summed E-state index contributed by atoms with van der Waals surface area (Å²) in [5, 5.41) is 9.03. The Morgan fingerprint density at radius 3 is 2.67 bits per heavy atom. The molecule has 0 aromatic heterocycles. The van der Waals surface area contributed by atoms with Crippen molar-refractivity contribution >= 4 is 5.69 Å². The lowest BCUT2D eigenvalue weighted by Gasteiger charge is -2.21. The van der Waals surface area contributed by atoms with Gasteiger partial charge in [-0.1, -0.05) is 6.07 Å². The highest BCUT2D eigenvalue weighted by Gasteiger charge is 2.55. The van der Waals surface area contributed by atoms with Crippen molar-refractivity contribution in [1.29, 1.82) is 0 Å². The van der Waals surface area contributed by atoms with Gasteiger partial charge >= 0.3 is 0 Å². The number of fused-ring (bicyclic) bond motifs is 1. The van der Waals surface area contributed by atoms with E-state index in [0.717, 1.165) is 18.8 Å². The fraction of sp³-hybridized carbons (Fsp3) is 0.500. The molecule has 1 saturated carbocycles. The quantitative estimate of drug-likeness (QED) is 0.794. The summed E-state index contributed by atoms with van der Waals surface area (Å²) in [6.45, 7) is 2.25. The summed E-state index contributed by atoms with van der Waals surface area (Å²) in [5.74, 6) is 1.61. The summed E-state index contributed by atoms with van der Waals surface area (Å²) in [4.78, 5) is 2.21. The molecule has 2 fully saturated rings. The van der Waals surface area contributed by atoms with Crippen LogP contribution in [0.1, 0.15) is 0 Å². The highest BCUT2D eigenvalue weighted by atomic mass is 19.1. The van der Waals surface area contributed by atoms with E-state index < -0.39 is 0 Å². The second-order valence-corrected chi connectivity index (χ2v) is 4.56. The molecule has 1 aliphatic carbocycles. The van der Waals surface area contributed by atoms with Gasteiger partial charge in [0.1, 0.15) is 5.82 Å². The van der Waals surface area contributed by atoms with E-state index in [-0.39, 0.29) is 5.82 Å². The Morgan fingerprint density at radius 2 is 2.07 bits per heavy atom. The van der Waals surface area contributed by atoms with Crippen LogP contribution in [0.15, 0.2) is 24.3 Å². The Bertz CT molecular complexity index is 370. The van der Waals surface area contributed by atoms with E-state index in [1.165, 1.54) is 6.07 Å². The topological polar surface area (TPSA) is 23.5 Å². The zero-order valence-corrected chi connectivity index (χ0v) is 8.44. The van der Waals surface area contributed by atoms with Crippen LogP contribution in [-0.2, 0) is 0 Å². The first-order chi connectivity index (χ1) is 7.29. The average molecular weight is 207 g/mol. The molecule has 0 spiro atoms. The highest BCUT2D eigenvalue weighted by molar-refractivity contribution is 5.49. The molecule has 80 valence electrons. The molecule has 2 atom stereocenters. The number of nitrogens with zero attached hydrogens (tertiary/aromatic N) is 1. The number of hydrogen-bond acceptors (Lipinski definition) is 2. The number of aliphatic hydroxyl groups is 1. The van der Waals surface area contributed by atoms with E-state index in [4.69, 9.17) is 5.11 Å². The summed E-state index contributed by atoms with van der Waals surface area (Å²) in [6.07, 6.45) is 0. The van der Waals surface area contributed by atoms with Crippen molar-refractivity contribution in [2.45, 2.75) is 0 Å². The maximum Gasteiger partial charge on any atom is 0.125 e. The van der Waals surface area contributed by atoms with Gasteiger partial charge in [0.2, 0.25) is 0 Å². The third-order valence-electron chi connectivity index (χ3n) is 3.76. The molecule has 1 aliphatic heterocycles. The second-order valence-electron chi connectivity index (χ2n) is 4.56. The van der Waals surface area contributed by atoms with Crippen molar-refractivity contribution in [3.05, 3.63) is 30.1 Å². The number of aliphatic hydroxyl groups excluding tert-OH is 1. The van der Waals surface area contributed by atoms with Gasteiger partial charge in [-0.25, -0.2) is 4.39 Å². The molecule has 0 bridgehead atoms. The number of hydrogen-bond donors (Lipinski definition) is 1. The predicted octanol–water partition coefficient (Wildman–Crippen LogP) is 1.50. The predicted molar refractivity (Wildman–Crippen MR) is 56.2 cm³/mol. The van der Waals surface area contributed by atoms with Crippen LogP contribution in [0.25, 0.3) is 0 Å². The summed E-state index contributed by atoms with van der Waals surface area (Å²) >= 11 is 0. The molecule has 0 amide bonds. The molecular weight excluding hydrogens is 193 g/mol. The van der Waals surface area contributed by atoms with E-state index in [2.05, 4.69) is 4.90 Å². The molecule has 15 heavy (non-hydrogen) atoms. The summed E-state index contributed by atoms with van der Waals surface area (Å²) < 4.78 is 13.0. The van der Waals surface area contributed by atoms with Crippen molar-refractivity contribution in [2.75, 3.05) is 24.6 Å². The molecular formula is C12H14FNO. The van der Waals surface area contributed by atoms with E-state index >= 15 is 0 Å². The smallest absolute Gasteiger partial charge is 0.125 e. The lowest BCUT2D eigenvalue weighted by Crippen LogP contribution is -2.24. The Kier molecular flexibility index (Phi) is 1.96. The Balaban J connectivity index is 1.72. The van der Waals surface area contributed by atoms with Crippen molar-refractivity contribution in [1.82, 2.24) is 0 Å². The van der Waals surface area contributed by atoms with Gasteiger partial charge in [0.05, 0.1) is 0 Å². The van der Waals surface area contributed by atoms with Gasteiger partial charge < -0.3 is 10.0 Å². The van der Waals surface area contributed by atoms with Crippen LogP contribution in [-0.4, -0.2) is 24.8 Å². The molecule has 1 aromatic rings. The maximum atomic E-state index is 13.0. The van der Waals surface area contributed by atoms with Gasteiger partial charge in [0.15, 0.2) is 0 Å². The average Bonchev–Trinajstić information content (AvgIpc) is 2.70. The molecule has 0 radical (unpaired) electrons. The summed E-state index contributed by atoms with van der Waals surface area (Å²) in [6, 6.07) is 6.75. The molecule has 3 heteroatoms. The number of anilines is 1. The van der Waals surface area contributed by atoms with Crippen molar-refractivity contribution < 1.29 is 9.50 Å². The molecule has 1 N–H and O–H groups in total. The second kappa shape index (κ2) is 3.20.